The molecule has 498 valence electrons. The van der Waals surface area contributed by atoms with Crippen molar-refractivity contribution in [1.29, 1.82) is 0 Å². The number of hydrogen-bond acceptors (Lipinski definition) is 0. The van der Waals surface area contributed by atoms with E-state index in [1.54, 1.807) is 0 Å². The third kappa shape index (κ3) is 38.0. The van der Waals surface area contributed by atoms with Gasteiger partial charge in [0.15, 0.2) is 0 Å². The maximum Gasteiger partial charge on any atom is -0.0100 e. The fourth-order valence-corrected chi connectivity index (χ4v) is 10.9. The first-order chi connectivity index (χ1) is 39.6. The van der Waals surface area contributed by atoms with Gasteiger partial charge in [0, 0.05) is 0 Å². The Morgan fingerprint density at radius 1 is 0.302 bits per heavy atom. The van der Waals surface area contributed by atoms with Gasteiger partial charge in [-0.1, -0.05) is 401 Å². The molecule has 0 radical (unpaired) electrons. The van der Waals surface area contributed by atoms with Crippen molar-refractivity contribution in [2.75, 3.05) is 0 Å². The van der Waals surface area contributed by atoms with E-state index in [-0.39, 0.29) is 5.41 Å². The Labute approximate surface area is 543 Å². The van der Waals surface area contributed by atoms with Crippen LogP contribution in [-0.4, -0.2) is 0 Å². The van der Waals surface area contributed by atoms with Gasteiger partial charge in [0.1, 0.15) is 0 Å². The van der Waals surface area contributed by atoms with E-state index in [1.165, 1.54) is 169 Å². The number of rotatable bonds is 11. The minimum Gasteiger partial charge on any atom is -0.0649 e. The fourth-order valence-electron chi connectivity index (χ4n) is 10.9. The molecule has 3 aliphatic rings. The topological polar surface area (TPSA) is 0 Å². The molecule has 86 heavy (non-hydrogen) atoms. The van der Waals surface area contributed by atoms with Crippen LogP contribution >= 0.6 is 0 Å². The van der Waals surface area contributed by atoms with Crippen LogP contribution in [0, 0.1) is 50.2 Å². The van der Waals surface area contributed by atoms with E-state index in [9.17, 15) is 0 Å². The van der Waals surface area contributed by atoms with Crippen LogP contribution in [0.1, 0.15) is 366 Å². The highest BCUT2D eigenvalue weighted by atomic mass is 14.4. The number of fused-ring (bicyclic) bond motifs is 1. The van der Waals surface area contributed by atoms with Gasteiger partial charge in [-0.3, -0.25) is 0 Å². The Balaban J connectivity index is 0. The summed E-state index contributed by atoms with van der Waals surface area (Å²) in [4.78, 5) is 0. The predicted molar refractivity (Wildman–Crippen MR) is 399 cm³/mol. The molecular weight excluding hydrogens is 1030 g/mol. The molecule has 4 aromatic rings. The summed E-state index contributed by atoms with van der Waals surface area (Å²) in [7, 11) is 0. The predicted octanol–water partition coefficient (Wildman–Crippen LogP) is 29.8. The molecule has 0 N–H and O–H groups in total. The number of hydrogen-bond donors (Lipinski definition) is 0. The minimum absolute atomic E-state index is 0.265. The molecule has 0 spiro atoms. The van der Waals surface area contributed by atoms with Crippen LogP contribution in [0.4, 0.5) is 0 Å². The highest BCUT2D eigenvalue weighted by Gasteiger charge is 2.31. The van der Waals surface area contributed by atoms with Crippen molar-refractivity contribution < 1.29 is 0 Å². The minimum atomic E-state index is 0.265. The third-order valence-corrected chi connectivity index (χ3v) is 20.9. The first-order valence-electron chi connectivity index (χ1n) is 36.2. The lowest BCUT2D eigenvalue weighted by Gasteiger charge is -2.36. The van der Waals surface area contributed by atoms with Crippen molar-refractivity contribution in [3.63, 3.8) is 0 Å². The summed E-state index contributed by atoms with van der Waals surface area (Å²) < 4.78 is 0. The number of benzene rings is 4. The van der Waals surface area contributed by atoms with Crippen molar-refractivity contribution in [2.24, 2.45) is 50.2 Å². The Morgan fingerprint density at radius 3 is 0.895 bits per heavy atom. The van der Waals surface area contributed by atoms with Crippen LogP contribution in [0.15, 0.2) is 103 Å². The first kappa shape index (κ1) is 85.2. The molecule has 7 rings (SSSR count). The van der Waals surface area contributed by atoms with E-state index < -0.39 is 0 Å². The molecule has 0 aliphatic heterocycles. The zero-order chi connectivity index (χ0) is 66.7. The third-order valence-electron chi connectivity index (χ3n) is 20.9. The summed E-state index contributed by atoms with van der Waals surface area (Å²) in [6, 6.07) is 36.5. The van der Waals surface area contributed by atoms with Gasteiger partial charge < -0.3 is 0 Å². The van der Waals surface area contributed by atoms with Gasteiger partial charge in [-0.25, -0.2) is 0 Å². The van der Waals surface area contributed by atoms with Crippen molar-refractivity contribution in [3.8, 4) is 0 Å². The van der Waals surface area contributed by atoms with Gasteiger partial charge in [-0.05, 0) is 145 Å². The molecule has 0 amide bonds. The second-order valence-electron chi connectivity index (χ2n) is 34.5. The fraction of sp³-hybridized carbons (Fsp3) is 0.744. The Morgan fingerprint density at radius 2 is 0.616 bits per heavy atom. The van der Waals surface area contributed by atoms with E-state index in [2.05, 4.69) is 311 Å². The summed E-state index contributed by atoms with van der Waals surface area (Å²) in [5, 5.41) is 2.74. The SMILES string of the molecule is CC(C)(C)C.CC(C)(C)C1CCCCC1.CC(C)(C)c1ccccc1.CCC(C)(C)C.CCC(C)(C)C1CCCC1.CCC(C)(C)C1CCCCC1.CCC(C)(C)c1cccc2ccccc12.CCC(C)(C)c1ccccc1.CCC(C)(CC)CC. The van der Waals surface area contributed by atoms with Crippen molar-refractivity contribution >= 4 is 10.8 Å². The highest BCUT2D eigenvalue weighted by molar-refractivity contribution is 5.86. The van der Waals surface area contributed by atoms with Gasteiger partial charge >= 0.3 is 0 Å². The molecule has 0 bridgehead atoms. The van der Waals surface area contributed by atoms with Crippen molar-refractivity contribution in [1.82, 2.24) is 0 Å². The van der Waals surface area contributed by atoms with E-state index in [4.69, 9.17) is 0 Å². The molecule has 0 unspecified atom stereocenters. The quantitative estimate of drug-likeness (QED) is 0.140. The zero-order valence-corrected chi connectivity index (χ0v) is 64.1. The average molecular weight is 1190 g/mol. The van der Waals surface area contributed by atoms with Gasteiger partial charge in [0.25, 0.3) is 0 Å². The van der Waals surface area contributed by atoms with E-state index in [1.807, 2.05) is 0 Å². The van der Waals surface area contributed by atoms with Gasteiger partial charge in [-0.15, -0.1) is 0 Å². The molecule has 0 heterocycles. The largest absolute Gasteiger partial charge is 0.0649 e. The van der Waals surface area contributed by atoms with E-state index >= 15 is 0 Å². The maximum absolute atomic E-state index is 2.43. The molecule has 0 heteroatoms. The monoisotopic (exact) mass is 1190 g/mol. The molecule has 3 saturated carbocycles. The Bertz CT molecular complexity index is 2180. The van der Waals surface area contributed by atoms with Crippen molar-refractivity contribution in [2.45, 2.75) is 365 Å². The van der Waals surface area contributed by atoms with Crippen LogP contribution < -0.4 is 0 Å². The van der Waals surface area contributed by atoms with Crippen LogP contribution in [0.3, 0.4) is 0 Å². The molecule has 0 aromatic heterocycles. The Kier molecular flexibility index (Phi) is 41.1. The Hall–Kier alpha value is -2.86. The summed E-state index contributed by atoms with van der Waals surface area (Å²) >= 11 is 0. The lowest BCUT2D eigenvalue weighted by molar-refractivity contribution is 0.152. The van der Waals surface area contributed by atoms with Gasteiger partial charge in [-0.2, -0.15) is 0 Å². The summed E-state index contributed by atoms with van der Waals surface area (Å²) in [6.45, 7) is 68.7. The van der Waals surface area contributed by atoms with Gasteiger partial charge in [0.2, 0.25) is 0 Å². The average Bonchev–Trinajstić information content (AvgIpc) is 2.88. The summed E-state index contributed by atoms with van der Waals surface area (Å²) in [6.07, 6.45) is 31.0. The smallest absolute Gasteiger partial charge is 0.0100 e. The normalized spacial score (nSPS) is 15.6. The van der Waals surface area contributed by atoms with E-state index in [0.717, 1.165) is 17.8 Å². The van der Waals surface area contributed by atoms with Gasteiger partial charge in [0.05, 0.1) is 0 Å². The standard InChI is InChI=1S/C15H18.C11H22.C11H16.C10H20.C10H14.C10H20.C8H18.C6H14.C5H12/c1-4-15(2,3)14-11-7-9-12-8-5-6-10-13(12)14;2*1-4-11(2,3)10-8-6-5-7-9-10;2*1-10(2,3)9-7-5-4-6-8-9;1-4-10(2,3)9-7-5-6-8-9;1-5-8(4,6-2)7-3;1-5-6(2,3)4;1-5(2,3)4/h5-11H,4H2,1-3H3;10H,4-9H2,1-3H3;5-9H,4H2,1-3H3;9H,4-8H2,1-3H3;4-8H,1-3H3;9H,4-8H2,1-3H3;5-7H2,1-4H3;5H2,1-4H3;1-4H3. The lowest BCUT2D eigenvalue weighted by atomic mass is 9.70. The van der Waals surface area contributed by atoms with Crippen molar-refractivity contribution in [3.05, 3.63) is 120 Å². The lowest BCUT2D eigenvalue weighted by Crippen LogP contribution is -2.25. The van der Waals surface area contributed by atoms with Crippen LogP contribution in [0.25, 0.3) is 10.8 Å². The second-order valence-corrected chi connectivity index (χ2v) is 34.5. The molecule has 0 saturated heterocycles. The maximum atomic E-state index is 2.43. The molecule has 3 fully saturated rings. The summed E-state index contributed by atoms with van der Waals surface area (Å²) in [5.41, 5.74) is 8.65. The van der Waals surface area contributed by atoms with Crippen LogP contribution in [0.2, 0.25) is 0 Å². The second kappa shape index (κ2) is 41.5. The summed E-state index contributed by atoms with van der Waals surface area (Å²) in [5.74, 6) is 3.04. The molecule has 0 nitrogen and oxygen atoms in total. The molecule has 3 aliphatic carbocycles. The first-order valence-corrected chi connectivity index (χ1v) is 36.2. The van der Waals surface area contributed by atoms with Crippen LogP contribution in [-0.2, 0) is 16.2 Å². The highest BCUT2D eigenvalue weighted by Crippen LogP contribution is 2.42. The molecule has 0 atom stereocenters. The van der Waals surface area contributed by atoms with Crippen LogP contribution in [0.5, 0.6) is 0 Å². The molecular formula is C86H154. The molecule has 4 aromatic carbocycles. The zero-order valence-electron chi connectivity index (χ0n) is 64.1. The van der Waals surface area contributed by atoms with E-state index in [0.29, 0.717) is 43.3 Å².